The van der Waals surface area contributed by atoms with Gasteiger partial charge in [-0.15, -0.1) is 0 Å². The Morgan fingerprint density at radius 2 is 1.70 bits per heavy atom. The lowest BCUT2D eigenvalue weighted by atomic mass is 9.57. The number of fused-ring (bicyclic) bond motifs is 3. The van der Waals surface area contributed by atoms with Gasteiger partial charge < -0.3 is 45.4 Å². The maximum absolute atomic E-state index is 14.3. The molecule has 0 spiro atoms. The first-order chi connectivity index (χ1) is 23.0. The van der Waals surface area contributed by atoms with Gasteiger partial charge >= 0.3 is 12.1 Å². The lowest BCUT2D eigenvalue weighted by Crippen LogP contribution is -2.65. The molecule has 1 aromatic carbocycles. The third-order valence-electron chi connectivity index (χ3n) is 9.26. The summed E-state index contributed by atoms with van der Waals surface area (Å²) in [6.07, 6.45) is -0.814. The van der Waals surface area contributed by atoms with Crippen molar-refractivity contribution >= 4 is 41.0 Å². The Balaban J connectivity index is 1.85. The van der Waals surface area contributed by atoms with Crippen molar-refractivity contribution in [3.8, 4) is 5.75 Å². The third kappa shape index (κ3) is 6.54. The zero-order chi connectivity index (χ0) is 37.8. The number of esters is 1. The molecule has 15 nitrogen and oxygen atoms in total. The topological polar surface area (TPSA) is 220 Å². The van der Waals surface area contributed by atoms with Crippen LogP contribution in [0.1, 0.15) is 50.8 Å². The maximum Gasteiger partial charge on any atom is 0.412 e. The summed E-state index contributed by atoms with van der Waals surface area (Å²) in [4.78, 5) is 69.4. The van der Waals surface area contributed by atoms with Crippen molar-refractivity contribution in [2.75, 3.05) is 46.4 Å². The summed E-state index contributed by atoms with van der Waals surface area (Å²) < 4.78 is 10.1. The van der Waals surface area contributed by atoms with Crippen LogP contribution >= 0.6 is 0 Å². The molecule has 2 amide bonds. The number of phenolic OH excluding ortho intramolecular Hbond substituents is 1. The number of hydrogen-bond acceptors (Lipinski definition) is 13. The van der Waals surface area contributed by atoms with Crippen LogP contribution in [-0.2, 0) is 41.6 Å². The van der Waals surface area contributed by atoms with Crippen molar-refractivity contribution in [1.29, 1.82) is 0 Å². The highest BCUT2D eigenvalue weighted by Crippen LogP contribution is 2.54. The molecular weight excluding hydrogens is 652 g/mol. The highest BCUT2D eigenvalue weighted by atomic mass is 16.7. The van der Waals surface area contributed by atoms with Gasteiger partial charge in [-0.3, -0.25) is 19.3 Å². The molecule has 0 aliphatic heterocycles. The number of ketones is 2. The van der Waals surface area contributed by atoms with E-state index in [0.717, 1.165) is 0 Å². The van der Waals surface area contributed by atoms with E-state index in [4.69, 9.17) is 15.2 Å². The van der Waals surface area contributed by atoms with Crippen LogP contribution in [0.5, 0.6) is 5.75 Å². The van der Waals surface area contributed by atoms with Crippen LogP contribution in [-0.4, -0.2) is 113 Å². The van der Waals surface area contributed by atoms with Gasteiger partial charge in [0.1, 0.15) is 22.8 Å². The van der Waals surface area contributed by atoms with Crippen LogP contribution < -0.4 is 10.6 Å². The van der Waals surface area contributed by atoms with E-state index in [9.17, 15) is 44.4 Å². The Kier molecular flexibility index (Phi) is 10.2. The largest absolute Gasteiger partial charge is 0.508 e. The number of benzene rings is 1. The number of amides is 2. The molecule has 0 radical (unpaired) electrons. The molecule has 272 valence electrons. The van der Waals surface area contributed by atoms with Crippen LogP contribution in [0.2, 0.25) is 0 Å². The number of likely N-dealkylation sites (N-methyl/N-ethyl adjacent to an activating group) is 1. The Labute approximate surface area is 290 Å². The SMILES string of the molecule is C=C(C)C(=O)OCOC(=O)N(Cc1cc(N(C)C)c2c(c1O)C(O)=C1C(=O)[C@]3(O)C(O)=C(C(N)=O)C(=O)[C@@H](N(C)C)[C@@H]3C[C@@H]1C2)CC(C)(C)C. The van der Waals surface area contributed by atoms with E-state index >= 15 is 0 Å². The molecule has 0 aromatic heterocycles. The van der Waals surface area contributed by atoms with Crippen molar-refractivity contribution in [2.24, 2.45) is 23.0 Å². The van der Waals surface area contributed by atoms with Gasteiger partial charge in [0.25, 0.3) is 5.91 Å². The predicted molar refractivity (Wildman–Crippen MR) is 181 cm³/mol. The minimum atomic E-state index is -2.77. The molecule has 0 saturated heterocycles. The van der Waals surface area contributed by atoms with Gasteiger partial charge in [-0.25, -0.2) is 9.59 Å². The normalized spacial score (nSPS) is 23.2. The Morgan fingerprint density at radius 1 is 1.08 bits per heavy atom. The zero-order valence-electron chi connectivity index (χ0n) is 29.6. The van der Waals surface area contributed by atoms with Gasteiger partial charge in [0, 0.05) is 49.0 Å². The number of carbonyl (C=O) groups is 5. The van der Waals surface area contributed by atoms with Gasteiger partial charge in [0.05, 0.1) is 18.2 Å². The van der Waals surface area contributed by atoms with Crippen molar-refractivity contribution in [1.82, 2.24) is 9.80 Å². The monoisotopic (exact) mass is 698 g/mol. The predicted octanol–water partition coefficient (Wildman–Crippen LogP) is 2.09. The molecule has 1 saturated carbocycles. The highest BCUT2D eigenvalue weighted by Gasteiger charge is 2.64. The van der Waals surface area contributed by atoms with E-state index in [1.54, 1.807) is 25.1 Å². The molecule has 0 unspecified atom stereocenters. The fourth-order valence-corrected chi connectivity index (χ4v) is 7.18. The number of aromatic hydroxyl groups is 1. The summed E-state index contributed by atoms with van der Waals surface area (Å²) >= 11 is 0. The minimum Gasteiger partial charge on any atom is -0.508 e. The molecule has 15 heteroatoms. The third-order valence-corrected chi connectivity index (χ3v) is 9.26. The summed E-state index contributed by atoms with van der Waals surface area (Å²) in [5.74, 6) is -8.26. The molecule has 1 aromatic rings. The van der Waals surface area contributed by atoms with Crippen molar-refractivity contribution in [3.63, 3.8) is 0 Å². The molecule has 6 N–H and O–H groups in total. The average molecular weight is 699 g/mol. The van der Waals surface area contributed by atoms with Crippen molar-refractivity contribution < 1.29 is 53.9 Å². The fraction of sp³-hybridized carbons (Fsp3) is 0.514. The first-order valence-corrected chi connectivity index (χ1v) is 16.0. The molecule has 3 aliphatic rings. The van der Waals surface area contributed by atoms with E-state index in [1.165, 1.54) is 30.8 Å². The second-order valence-electron chi connectivity index (χ2n) is 14.8. The van der Waals surface area contributed by atoms with Crippen LogP contribution in [0.15, 0.2) is 35.1 Å². The van der Waals surface area contributed by atoms with Gasteiger partial charge in [-0.05, 0) is 56.8 Å². The Hall–Kier alpha value is -4.89. The number of hydrogen-bond donors (Lipinski definition) is 5. The van der Waals surface area contributed by atoms with E-state index in [2.05, 4.69) is 6.58 Å². The van der Waals surface area contributed by atoms with E-state index in [-0.39, 0.29) is 48.2 Å². The van der Waals surface area contributed by atoms with Gasteiger partial charge in [0.2, 0.25) is 12.6 Å². The molecule has 3 aliphatic carbocycles. The van der Waals surface area contributed by atoms with Crippen LogP contribution in [0.25, 0.3) is 5.76 Å². The first kappa shape index (κ1) is 37.9. The number of anilines is 1. The summed E-state index contributed by atoms with van der Waals surface area (Å²) in [5.41, 5.74) is 2.20. The fourth-order valence-electron chi connectivity index (χ4n) is 7.18. The Bertz CT molecular complexity index is 1740. The number of aliphatic hydroxyl groups is 3. The van der Waals surface area contributed by atoms with Crippen LogP contribution in [0.4, 0.5) is 10.5 Å². The number of phenols is 1. The van der Waals surface area contributed by atoms with E-state index in [1.807, 2.05) is 20.8 Å². The number of nitrogens with two attached hydrogens (primary N) is 1. The number of rotatable bonds is 9. The number of aliphatic hydroxyl groups excluding tert-OH is 2. The molecule has 4 rings (SSSR count). The van der Waals surface area contributed by atoms with Gasteiger partial charge in [-0.2, -0.15) is 0 Å². The molecule has 0 bridgehead atoms. The lowest BCUT2D eigenvalue weighted by Gasteiger charge is -2.50. The minimum absolute atomic E-state index is 0.0533. The van der Waals surface area contributed by atoms with E-state index in [0.29, 0.717) is 11.3 Å². The smallest absolute Gasteiger partial charge is 0.412 e. The lowest BCUT2D eigenvalue weighted by molar-refractivity contribution is -0.154. The van der Waals surface area contributed by atoms with Crippen LogP contribution in [0, 0.1) is 17.3 Å². The quantitative estimate of drug-likeness (QED) is 0.108. The highest BCUT2D eigenvalue weighted by molar-refractivity contribution is 6.24. The molecule has 0 heterocycles. The van der Waals surface area contributed by atoms with Crippen molar-refractivity contribution in [3.05, 3.63) is 51.8 Å². The van der Waals surface area contributed by atoms with Gasteiger partial charge in [0.15, 0.2) is 11.4 Å². The standard InChI is InChI=1S/C35H46N4O11/c1-16(2)32(46)49-15-50-33(47)39(14-34(3,4)5)13-18-12-21(37(6)7)19-10-17-11-20-25(38(8)9)28(42)24(31(36)45)30(44)35(20,48)29(43)22(17)27(41)23(19)26(18)40/h12,17,20,25,40-41,44,48H,1,10-11,13-15H2,2-9H3,(H2,36,45)/t17-,20-,25-,35-/m0/s1. The molecular formula is C35H46N4O11. The van der Waals surface area contributed by atoms with Gasteiger partial charge in [-0.1, -0.05) is 27.4 Å². The van der Waals surface area contributed by atoms with Crippen molar-refractivity contribution in [2.45, 2.75) is 58.7 Å². The number of ether oxygens (including phenoxy) is 2. The zero-order valence-corrected chi connectivity index (χ0v) is 29.6. The number of primary amides is 1. The molecule has 50 heavy (non-hydrogen) atoms. The number of Topliss-reactive ketones (excluding diaryl/α,β-unsaturated/α-hetero) is 2. The maximum atomic E-state index is 14.3. The summed E-state index contributed by atoms with van der Waals surface area (Å²) in [5, 5.41) is 46.6. The number of carbonyl (C=O) groups excluding carboxylic acids is 5. The molecule has 4 atom stereocenters. The summed E-state index contributed by atoms with van der Waals surface area (Å²) in [6, 6.07) is 0.451. The average Bonchev–Trinajstić information content (AvgIpc) is 2.98. The van der Waals surface area contributed by atoms with E-state index < -0.39 is 88.1 Å². The van der Waals surface area contributed by atoms with Crippen LogP contribution in [0.3, 0.4) is 0 Å². The second kappa shape index (κ2) is 13.4. The first-order valence-electron chi connectivity index (χ1n) is 16.0. The second-order valence-corrected chi connectivity index (χ2v) is 14.8. The summed E-state index contributed by atoms with van der Waals surface area (Å²) in [7, 11) is 6.55. The number of nitrogens with zero attached hydrogens (tertiary/aromatic N) is 3. The summed E-state index contributed by atoms with van der Waals surface area (Å²) in [6.45, 7) is 9.79. The Morgan fingerprint density at radius 3 is 2.22 bits per heavy atom. The molecule has 1 fully saturated rings.